The number of rotatable bonds is 4. The molecule has 100 valence electrons. The normalized spacial score (nSPS) is 12.4. The summed E-state index contributed by atoms with van der Waals surface area (Å²) in [5.41, 5.74) is 0.943. The van der Waals surface area contributed by atoms with Gasteiger partial charge in [-0.05, 0) is 19.4 Å². The Kier molecular flexibility index (Phi) is 3.57. The highest BCUT2D eigenvalue weighted by atomic mass is 16.6. The first kappa shape index (κ1) is 13.2. The van der Waals surface area contributed by atoms with Crippen LogP contribution in [0.5, 0.6) is 0 Å². The first-order valence-corrected chi connectivity index (χ1v) is 5.80. The molecule has 7 heteroatoms. The highest BCUT2D eigenvalue weighted by Gasteiger charge is 2.20. The first-order chi connectivity index (χ1) is 9.04. The van der Waals surface area contributed by atoms with Crippen molar-refractivity contribution in [3.63, 3.8) is 0 Å². The predicted octanol–water partition coefficient (Wildman–Crippen LogP) is 2.40. The van der Waals surface area contributed by atoms with Gasteiger partial charge in [0, 0.05) is 17.2 Å². The zero-order chi connectivity index (χ0) is 14.0. The van der Waals surface area contributed by atoms with E-state index in [0.29, 0.717) is 17.5 Å². The van der Waals surface area contributed by atoms with Crippen LogP contribution in [0.25, 0.3) is 11.5 Å². The van der Waals surface area contributed by atoms with Crippen LogP contribution in [-0.2, 0) is 0 Å². The van der Waals surface area contributed by atoms with E-state index < -0.39 is 11.0 Å². The minimum absolute atomic E-state index is 0.00621. The largest absolute Gasteiger partial charge is 0.385 e. The van der Waals surface area contributed by atoms with Crippen molar-refractivity contribution in [1.29, 1.82) is 0 Å². The zero-order valence-electron chi connectivity index (χ0n) is 10.5. The summed E-state index contributed by atoms with van der Waals surface area (Å²) in [6, 6.07) is 4.63. The molecule has 0 amide bonds. The first-order valence-electron chi connectivity index (χ1n) is 5.80. The molecule has 0 aliphatic heterocycles. The summed E-state index contributed by atoms with van der Waals surface area (Å²) in [4.78, 5) is 14.5. The molecular formula is C12H13N3O4. The number of benzene rings is 1. The lowest BCUT2D eigenvalue weighted by molar-refractivity contribution is -0.385. The lowest BCUT2D eigenvalue weighted by Gasteiger charge is -2.01. The van der Waals surface area contributed by atoms with Crippen molar-refractivity contribution in [2.24, 2.45) is 0 Å². The molecule has 0 radical (unpaired) electrons. The summed E-state index contributed by atoms with van der Waals surface area (Å²) in [7, 11) is 0. The summed E-state index contributed by atoms with van der Waals surface area (Å²) in [6.45, 7) is 3.41. The van der Waals surface area contributed by atoms with Crippen LogP contribution in [0, 0.1) is 17.0 Å². The smallest absolute Gasteiger partial charge is 0.273 e. The Hall–Kier alpha value is -2.28. The predicted molar refractivity (Wildman–Crippen MR) is 66.4 cm³/mol. The second kappa shape index (κ2) is 5.15. The quantitative estimate of drug-likeness (QED) is 0.671. The van der Waals surface area contributed by atoms with Crippen molar-refractivity contribution in [2.45, 2.75) is 26.4 Å². The Labute approximate surface area is 109 Å². The summed E-state index contributed by atoms with van der Waals surface area (Å²) in [5.74, 6) is 0.354. The molecule has 7 nitrogen and oxygen atoms in total. The molecule has 2 rings (SSSR count). The SMILES string of the molecule is CCC(O)c1noc(-c2cccc([N+](=O)[O-])c2C)n1. The molecule has 19 heavy (non-hydrogen) atoms. The summed E-state index contributed by atoms with van der Waals surface area (Å²) < 4.78 is 5.05. The maximum atomic E-state index is 10.9. The van der Waals surface area contributed by atoms with E-state index in [9.17, 15) is 15.2 Å². The molecule has 2 aromatic rings. The van der Waals surface area contributed by atoms with Crippen LogP contribution in [0.3, 0.4) is 0 Å². The Morgan fingerprint density at radius 1 is 1.53 bits per heavy atom. The van der Waals surface area contributed by atoms with Crippen LogP contribution < -0.4 is 0 Å². The maximum Gasteiger partial charge on any atom is 0.273 e. The number of nitro groups is 1. The van der Waals surface area contributed by atoms with E-state index in [-0.39, 0.29) is 17.4 Å². The molecule has 1 atom stereocenters. The van der Waals surface area contributed by atoms with E-state index in [4.69, 9.17) is 4.52 Å². The molecule has 1 unspecified atom stereocenters. The molecule has 1 N–H and O–H groups in total. The van der Waals surface area contributed by atoms with Gasteiger partial charge in [-0.2, -0.15) is 4.98 Å². The van der Waals surface area contributed by atoms with Crippen molar-refractivity contribution in [2.75, 3.05) is 0 Å². The fraction of sp³-hybridized carbons (Fsp3) is 0.333. The number of aromatic nitrogens is 2. The average Bonchev–Trinajstić information content (AvgIpc) is 2.87. The highest BCUT2D eigenvalue weighted by molar-refractivity contribution is 5.64. The average molecular weight is 263 g/mol. The van der Waals surface area contributed by atoms with Crippen LogP contribution in [0.4, 0.5) is 5.69 Å². The van der Waals surface area contributed by atoms with E-state index >= 15 is 0 Å². The third-order valence-corrected chi connectivity index (χ3v) is 2.86. The number of aliphatic hydroxyl groups excluding tert-OH is 1. The molecule has 0 fully saturated rings. The van der Waals surface area contributed by atoms with Gasteiger partial charge in [0.15, 0.2) is 0 Å². The van der Waals surface area contributed by atoms with Crippen LogP contribution in [0.2, 0.25) is 0 Å². The summed E-state index contributed by atoms with van der Waals surface area (Å²) in [5, 5.41) is 24.1. The molecule has 0 saturated carbocycles. The number of hydrogen-bond donors (Lipinski definition) is 1. The molecule has 0 aliphatic carbocycles. The summed E-state index contributed by atoms with van der Waals surface area (Å²) >= 11 is 0. The van der Waals surface area contributed by atoms with Gasteiger partial charge < -0.3 is 9.63 Å². The lowest BCUT2D eigenvalue weighted by atomic mass is 10.1. The van der Waals surface area contributed by atoms with Crippen LogP contribution in [0.1, 0.15) is 30.8 Å². The van der Waals surface area contributed by atoms with Gasteiger partial charge in [-0.3, -0.25) is 10.1 Å². The Bertz CT molecular complexity index is 609. The van der Waals surface area contributed by atoms with Crippen molar-refractivity contribution in [3.05, 3.63) is 39.7 Å². The number of nitrogens with zero attached hydrogens (tertiary/aromatic N) is 3. The molecular weight excluding hydrogens is 250 g/mol. The van der Waals surface area contributed by atoms with Crippen LogP contribution >= 0.6 is 0 Å². The number of nitro benzene ring substituents is 1. The molecule has 1 aromatic carbocycles. The Morgan fingerprint density at radius 3 is 2.89 bits per heavy atom. The van der Waals surface area contributed by atoms with Gasteiger partial charge in [-0.15, -0.1) is 0 Å². The van der Waals surface area contributed by atoms with Gasteiger partial charge >= 0.3 is 0 Å². The van der Waals surface area contributed by atoms with Crippen molar-refractivity contribution >= 4 is 5.69 Å². The van der Waals surface area contributed by atoms with E-state index in [0.717, 1.165) is 0 Å². The summed E-state index contributed by atoms with van der Waals surface area (Å²) in [6.07, 6.45) is -0.330. The third kappa shape index (κ3) is 2.45. The van der Waals surface area contributed by atoms with Gasteiger partial charge in [-0.25, -0.2) is 0 Å². The van der Waals surface area contributed by atoms with Gasteiger partial charge in [0.05, 0.1) is 4.92 Å². The number of hydrogen-bond acceptors (Lipinski definition) is 6. The van der Waals surface area contributed by atoms with Crippen molar-refractivity contribution in [1.82, 2.24) is 10.1 Å². The number of aliphatic hydroxyl groups is 1. The fourth-order valence-electron chi connectivity index (χ4n) is 1.72. The van der Waals surface area contributed by atoms with Gasteiger partial charge in [0.2, 0.25) is 5.82 Å². The molecule has 0 aliphatic rings. The third-order valence-electron chi connectivity index (χ3n) is 2.86. The second-order valence-electron chi connectivity index (χ2n) is 4.09. The molecule has 0 saturated heterocycles. The Balaban J connectivity index is 2.45. The molecule has 0 spiro atoms. The highest BCUT2D eigenvalue weighted by Crippen LogP contribution is 2.29. The Morgan fingerprint density at radius 2 is 2.26 bits per heavy atom. The van der Waals surface area contributed by atoms with Gasteiger partial charge in [0.1, 0.15) is 6.10 Å². The van der Waals surface area contributed by atoms with E-state index in [1.165, 1.54) is 6.07 Å². The lowest BCUT2D eigenvalue weighted by Crippen LogP contribution is -1.97. The van der Waals surface area contributed by atoms with Crippen LogP contribution in [0.15, 0.2) is 22.7 Å². The second-order valence-corrected chi connectivity index (χ2v) is 4.09. The maximum absolute atomic E-state index is 10.9. The minimum atomic E-state index is -0.795. The fourth-order valence-corrected chi connectivity index (χ4v) is 1.72. The topological polar surface area (TPSA) is 102 Å². The van der Waals surface area contributed by atoms with Crippen molar-refractivity contribution in [3.8, 4) is 11.5 Å². The monoisotopic (exact) mass is 263 g/mol. The van der Waals surface area contributed by atoms with Gasteiger partial charge in [-0.1, -0.05) is 18.1 Å². The standard InChI is InChI=1S/C12H13N3O4/c1-3-10(16)11-13-12(19-14-11)8-5-4-6-9(7(8)2)15(17)18/h4-6,10,16H,3H2,1-2H3. The van der Waals surface area contributed by atoms with E-state index in [1.807, 2.05) is 0 Å². The molecule has 1 aromatic heterocycles. The van der Waals surface area contributed by atoms with E-state index in [1.54, 1.807) is 26.0 Å². The van der Waals surface area contributed by atoms with E-state index in [2.05, 4.69) is 10.1 Å². The van der Waals surface area contributed by atoms with Crippen LogP contribution in [-0.4, -0.2) is 20.2 Å². The molecule has 0 bridgehead atoms. The van der Waals surface area contributed by atoms with Gasteiger partial charge in [0.25, 0.3) is 11.6 Å². The zero-order valence-corrected chi connectivity index (χ0v) is 10.5. The minimum Gasteiger partial charge on any atom is -0.385 e. The van der Waals surface area contributed by atoms with Crippen molar-refractivity contribution < 1.29 is 14.6 Å². The molecule has 1 heterocycles.